The molecule has 1 aliphatic heterocycles. The summed E-state index contributed by atoms with van der Waals surface area (Å²) in [5.41, 5.74) is 4.31. The van der Waals surface area contributed by atoms with Gasteiger partial charge in [-0.15, -0.1) is 11.3 Å². The molecule has 0 unspecified atom stereocenters. The molecule has 0 amide bonds. The van der Waals surface area contributed by atoms with E-state index in [-0.39, 0.29) is 0 Å². The highest BCUT2D eigenvalue weighted by Crippen LogP contribution is 2.42. The largest absolute Gasteiger partial charge is 0.493 e. The van der Waals surface area contributed by atoms with Gasteiger partial charge in [0.1, 0.15) is 10.7 Å². The van der Waals surface area contributed by atoms with Crippen LogP contribution in [-0.4, -0.2) is 108 Å². The fourth-order valence-corrected chi connectivity index (χ4v) is 8.07. The van der Waals surface area contributed by atoms with Crippen LogP contribution in [0.5, 0.6) is 40.2 Å². The van der Waals surface area contributed by atoms with E-state index in [1.54, 1.807) is 46.9 Å². The number of piperazine rings is 1. The van der Waals surface area contributed by atoms with E-state index < -0.39 is 0 Å². The van der Waals surface area contributed by atoms with Crippen LogP contribution in [0.15, 0.2) is 83.4 Å². The van der Waals surface area contributed by atoms with Crippen molar-refractivity contribution in [3.05, 3.63) is 78.9 Å². The molecule has 1 saturated heterocycles. The molecule has 7 rings (SSSR count). The molecule has 6 aromatic rings. The lowest BCUT2D eigenvalue weighted by molar-refractivity contribution is 0.126. The van der Waals surface area contributed by atoms with Gasteiger partial charge in [-0.25, -0.2) is 4.98 Å². The molecule has 2 aromatic heterocycles. The van der Waals surface area contributed by atoms with Gasteiger partial charge in [0.05, 0.1) is 59.0 Å². The fourth-order valence-electron chi connectivity index (χ4n) is 7.11. The van der Waals surface area contributed by atoms with Crippen molar-refractivity contribution in [1.82, 2.24) is 19.9 Å². The van der Waals surface area contributed by atoms with E-state index in [0.717, 1.165) is 104 Å². The summed E-state index contributed by atoms with van der Waals surface area (Å²) in [6.07, 6.45) is 4.07. The first-order chi connectivity index (χ1) is 28.5. The Hall–Kier alpha value is -5.50. The molecule has 3 heterocycles. The van der Waals surface area contributed by atoms with Crippen LogP contribution in [0.3, 0.4) is 0 Å². The summed E-state index contributed by atoms with van der Waals surface area (Å²) in [6.45, 7) is 7.71. The number of fused-ring (bicyclic) bond motifs is 1. The number of hydrogen-bond acceptors (Lipinski definition) is 13. The predicted molar refractivity (Wildman–Crippen MR) is 228 cm³/mol. The Bertz CT molecular complexity index is 2190. The molecule has 13 heteroatoms. The summed E-state index contributed by atoms with van der Waals surface area (Å²) in [5, 5.41) is 5.30. The average molecular weight is 809 g/mol. The molecule has 0 radical (unpaired) electrons. The minimum Gasteiger partial charge on any atom is -0.493 e. The maximum Gasteiger partial charge on any atom is 0.203 e. The number of methoxy groups -OCH3 is 5. The van der Waals surface area contributed by atoms with Crippen LogP contribution in [-0.2, 0) is 0 Å². The highest BCUT2D eigenvalue weighted by atomic mass is 32.1. The summed E-state index contributed by atoms with van der Waals surface area (Å²) >= 11 is 1.69. The summed E-state index contributed by atoms with van der Waals surface area (Å²) in [5.74, 6) is 5.05. The summed E-state index contributed by atoms with van der Waals surface area (Å²) in [6, 6.07) is 25.6. The predicted octanol–water partition coefficient (Wildman–Crippen LogP) is 8.96. The normalized spacial score (nSPS) is 13.4. The molecule has 0 aliphatic carbocycles. The molecule has 0 atom stereocenters. The van der Waals surface area contributed by atoms with Crippen LogP contribution < -0.4 is 33.2 Å². The molecule has 1 fully saturated rings. The third-order valence-electron chi connectivity index (χ3n) is 10.3. The number of benzene rings is 4. The van der Waals surface area contributed by atoms with Crippen molar-refractivity contribution in [2.24, 2.45) is 0 Å². The Morgan fingerprint density at radius 1 is 0.569 bits per heavy atom. The lowest BCUT2D eigenvalue weighted by atomic mass is 10.1. The smallest absolute Gasteiger partial charge is 0.203 e. The lowest BCUT2D eigenvalue weighted by Crippen LogP contribution is -2.46. The zero-order valence-corrected chi connectivity index (χ0v) is 34.8. The molecule has 306 valence electrons. The summed E-state index contributed by atoms with van der Waals surface area (Å²) < 4.78 is 47.1. The third kappa shape index (κ3) is 9.78. The molecule has 58 heavy (non-hydrogen) atoms. The Morgan fingerprint density at radius 3 is 1.69 bits per heavy atom. The highest BCUT2D eigenvalue weighted by Gasteiger charge is 2.19. The third-order valence-corrected chi connectivity index (χ3v) is 11.4. The monoisotopic (exact) mass is 808 g/mol. The second-order valence-electron chi connectivity index (χ2n) is 14.0. The van der Waals surface area contributed by atoms with Gasteiger partial charge >= 0.3 is 0 Å². The number of aromatic nitrogens is 2. The molecule has 0 N–H and O–H groups in total. The summed E-state index contributed by atoms with van der Waals surface area (Å²) in [4.78, 5) is 9.93. The second-order valence-corrected chi connectivity index (χ2v) is 15.0. The number of thiazole rings is 1. The van der Waals surface area contributed by atoms with Gasteiger partial charge in [0.15, 0.2) is 40.3 Å². The molecule has 0 spiro atoms. The number of unbranched alkanes of at least 4 members (excludes halogenated alkanes) is 2. The van der Waals surface area contributed by atoms with E-state index in [1.165, 1.54) is 4.70 Å². The van der Waals surface area contributed by atoms with E-state index in [1.807, 2.05) is 72.8 Å². The van der Waals surface area contributed by atoms with Gasteiger partial charge in [-0.05, 0) is 99.4 Å². The van der Waals surface area contributed by atoms with E-state index >= 15 is 0 Å². The lowest BCUT2D eigenvalue weighted by Gasteiger charge is -2.34. The van der Waals surface area contributed by atoms with E-state index in [4.69, 9.17) is 42.7 Å². The van der Waals surface area contributed by atoms with E-state index in [2.05, 4.69) is 21.0 Å². The van der Waals surface area contributed by atoms with Gasteiger partial charge in [-0.3, -0.25) is 0 Å². The van der Waals surface area contributed by atoms with Gasteiger partial charge in [-0.1, -0.05) is 17.3 Å². The van der Waals surface area contributed by atoms with Crippen LogP contribution >= 0.6 is 11.3 Å². The first-order valence-corrected chi connectivity index (χ1v) is 20.5. The number of rotatable bonds is 20. The molecule has 0 saturated carbocycles. The van der Waals surface area contributed by atoms with Gasteiger partial charge in [0.25, 0.3) is 0 Å². The van der Waals surface area contributed by atoms with Crippen LogP contribution in [0.4, 0.5) is 0 Å². The van der Waals surface area contributed by atoms with Crippen molar-refractivity contribution >= 4 is 21.6 Å². The molecular weight excluding hydrogens is 757 g/mol. The van der Waals surface area contributed by atoms with Crippen LogP contribution in [0.2, 0.25) is 0 Å². The number of hydrogen-bond donors (Lipinski definition) is 0. The Balaban J connectivity index is 0.811. The number of nitrogens with zero attached hydrogens (tertiary/aromatic N) is 4. The maximum atomic E-state index is 6.24. The zero-order chi connectivity index (χ0) is 40.3. The van der Waals surface area contributed by atoms with Crippen molar-refractivity contribution in [1.29, 1.82) is 0 Å². The van der Waals surface area contributed by atoms with Gasteiger partial charge in [0, 0.05) is 48.9 Å². The zero-order valence-electron chi connectivity index (χ0n) is 34.0. The van der Waals surface area contributed by atoms with Crippen molar-refractivity contribution in [2.45, 2.75) is 25.7 Å². The first-order valence-electron chi connectivity index (χ1n) is 19.7. The Morgan fingerprint density at radius 2 is 1.12 bits per heavy atom. The molecular formula is C45H52N4O8S. The molecule has 12 nitrogen and oxygen atoms in total. The van der Waals surface area contributed by atoms with E-state index in [0.29, 0.717) is 53.4 Å². The quantitative estimate of drug-likeness (QED) is 0.0687. The van der Waals surface area contributed by atoms with Gasteiger partial charge < -0.3 is 47.5 Å². The average Bonchev–Trinajstić information content (AvgIpc) is 3.95. The number of ether oxygens (including phenoxy) is 7. The van der Waals surface area contributed by atoms with E-state index in [9.17, 15) is 0 Å². The van der Waals surface area contributed by atoms with Crippen molar-refractivity contribution in [3.63, 3.8) is 0 Å². The molecule has 4 aromatic carbocycles. The minimum atomic E-state index is 0.518. The van der Waals surface area contributed by atoms with Crippen LogP contribution in [0, 0.1) is 0 Å². The first kappa shape index (κ1) is 40.7. The van der Waals surface area contributed by atoms with Crippen molar-refractivity contribution in [3.8, 4) is 73.4 Å². The Labute approximate surface area is 344 Å². The SMILES string of the molecule is COc1ccc(-c2cc(-c3cc(OC)c(OC)c(OC)c3)no2)cc1OCCCCN1CCN(CCCCOc2cc(-c3nc4ccccc4s3)ccc2OC)CC1. The topological polar surface area (TPSA) is 110 Å². The number of para-hydroxylation sites is 1. The van der Waals surface area contributed by atoms with Crippen LogP contribution in [0.25, 0.3) is 43.4 Å². The molecule has 1 aliphatic rings. The van der Waals surface area contributed by atoms with Gasteiger partial charge in [-0.2, -0.15) is 0 Å². The maximum absolute atomic E-state index is 6.24. The van der Waals surface area contributed by atoms with Crippen LogP contribution in [0.1, 0.15) is 25.7 Å². The molecule has 0 bridgehead atoms. The minimum absolute atomic E-state index is 0.518. The fraction of sp³-hybridized carbons (Fsp3) is 0.378. The Kier molecular flexibility index (Phi) is 13.9. The highest BCUT2D eigenvalue weighted by molar-refractivity contribution is 7.21. The summed E-state index contributed by atoms with van der Waals surface area (Å²) in [7, 11) is 8.08. The standard InChI is InChI=1S/C45H52N4O8S/c1-50-36-16-14-31(38-30-35(47-57-38)33-28-41(52-3)44(54-5)42(29-33)53-4)26-39(36)55-24-10-8-18-48-20-22-49(23-21-48)19-9-11-25-56-40-27-32(15-17-37(40)51-2)45-46-34-12-6-7-13-43(34)58-45/h6-7,12-17,26-30H,8-11,18-25H2,1-5H3. The van der Waals surface area contributed by atoms with Gasteiger partial charge in [0.2, 0.25) is 5.75 Å². The van der Waals surface area contributed by atoms with Crippen molar-refractivity contribution in [2.75, 3.05) is 88.0 Å². The van der Waals surface area contributed by atoms with Crippen molar-refractivity contribution < 1.29 is 37.7 Å². The second kappa shape index (κ2) is 19.8.